The SMILES string of the molecule is O=C(O)CN(c1cc(Cn2cc(C3c4ccccc4C=Cc4ccccc43)c(=S)[nH]c2=O)cc(C(=O)O)c1)C(c1ccccc1)c1ccccc1. The number of H-pyrrole nitrogens is 1. The molecule has 1 aliphatic rings. The Kier molecular flexibility index (Phi) is 9.28. The van der Waals surface area contributed by atoms with Crippen LogP contribution in [-0.2, 0) is 11.3 Å². The lowest BCUT2D eigenvalue weighted by Gasteiger charge is -2.34. The third-order valence-corrected chi connectivity index (χ3v) is 9.50. The van der Waals surface area contributed by atoms with Gasteiger partial charge in [-0.2, -0.15) is 0 Å². The van der Waals surface area contributed by atoms with E-state index in [-0.39, 0.29) is 18.0 Å². The van der Waals surface area contributed by atoms with Crippen molar-refractivity contribution in [1.82, 2.24) is 9.55 Å². The van der Waals surface area contributed by atoms with E-state index in [1.165, 1.54) is 16.7 Å². The molecule has 0 saturated heterocycles. The second-order valence-corrected chi connectivity index (χ2v) is 12.8. The van der Waals surface area contributed by atoms with Crippen LogP contribution in [0.15, 0.2) is 138 Å². The van der Waals surface area contributed by atoms with Gasteiger partial charge in [-0.3, -0.25) is 14.3 Å². The third kappa shape index (κ3) is 6.92. The maximum Gasteiger partial charge on any atom is 0.335 e. The van der Waals surface area contributed by atoms with Gasteiger partial charge in [0, 0.05) is 23.4 Å². The maximum absolute atomic E-state index is 13.5. The number of nitrogens with zero attached hydrogens (tertiary/aromatic N) is 2. The highest BCUT2D eigenvalue weighted by Gasteiger charge is 2.28. The highest BCUT2D eigenvalue weighted by atomic mass is 32.1. The average molecular weight is 692 g/mol. The van der Waals surface area contributed by atoms with Crippen molar-refractivity contribution in [2.24, 2.45) is 0 Å². The molecule has 0 amide bonds. The van der Waals surface area contributed by atoms with Gasteiger partial charge in [0.25, 0.3) is 0 Å². The Balaban J connectivity index is 1.36. The first-order valence-corrected chi connectivity index (χ1v) is 16.8. The molecule has 7 rings (SSSR count). The highest BCUT2D eigenvalue weighted by molar-refractivity contribution is 7.71. The molecular formula is C42H33N3O5S. The molecule has 252 valence electrons. The summed E-state index contributed by atoms with van der Waals surface area (Å²) in [6.45, 7) is -0.406. The largest absolute Gasteiger partial charge is 0.480 e. The fourth-order valence-electron chi connectivity index (χ4n) is 6.93. The van der Waals surface area contributed by atoms with E-state index in [1.54, 1.807) is 17.2 Å². The predicted molar refractivity (Wildman–Crippen MR) is 201 cm³/mol. The van der Waals surface area contributed by atoms with Gasteiger partial charge in [0.15, 0.2) is 0 Å². The first-order chi connectivity index (χ1) is 24.8. The lowest BCUT2D eigenvalue weighted by molar-refractivity contribution is -0.135. The van der Waals surface area contributed by atoms with Gasteiger partial charge in [-0.25, -0.2) is 9.59 Å². The number of rotatable bonds is 10. The molecule has 0 bridgehead atoms. The van der Waals surface area contributed by atoms with Crippen molar-refractivity contribution in [2.45, 2.75) is 18.5 Å². The number of aromatic nitrogens is 2. The van der Waals surface area contributed by atoms with Gasteiger partial charge < -0.3 is 15.1 Å². The normalized spacial score (nSPS) is 12.2. The predicted octanol–water partition coefficient (Wildman–Crippen LogP) is 8.00. The van der Waals surface area contributed by atoms with Crippen molar-refractivity contribution in [3.8, 4) is 0 Å². The molecule has 6 aromatic rings. The molecule has 0 fully saturated rings. The van der Waals surface area contributed by atoms with Crippen molar-refractivity contribution in [3.05, 3.63) is 199 Å². The van der Waals surface area contributed by atoms with Crippen LogP contribution in [0.4, 0.5) is 5.69 Å². The lowest BCUT2D eigenvalue weighted by Crippen LogP contribution is -2.35. The van der Waals surface area contributed by atoms with Crippen molar-refractivity contribution in [1.29, 1.82) is 0 Å². The summed E-state index contributed by atoms with van der Waals surface area (Å²) in [5.74, 6) is -2.54. The quantitative estimate of drug-likeness (QED) is 0.125. The first-order valence-electron chi connectivity index (χ1n) is 16.4. The molecule has 0 spiro atoms. The molecule has 0 radical (unpaired) electrons. The minimum atomic E-state index is -1.18. The van der Waals surface area contributed by atoms with E-state index in [1.807, 2.05) is 97.1 Å². The molecular weight excluding hydrogens is 659 g/mol. The van der Waals surface area contributed by atoms with Crippen molar-refractivity contribution < 1.29 is 19.8 Å². The number of aliphatic carboxylic acids is 1. The summed E-state index contributed by atoms with van der Waals surface area (Å²) in [5, 5.41) is 20.4. The van der Waals surface area contributed by atoms with Gasteiger partial charge >= 0.3 is 17.6 Å². The molecule has 0 aliphatic heterocycles. The van der Waals surface area contributed by atoms with Crippen LogP contribution in [0.3, 0.4) is 0 Å². The van der Waals surface area contributed by atoms with Gasteiger partial charge in [-0.1, -0.05) is 134 Å². The summed E-state index contributed by atoms with van der Waals surface area (Å²) in [6, 6.07) is 39.3. The lowest BCUT2D eigenvalue weighted by atomic mass is 9.83. The number of anilines is 1. The van der Waals surface area contributed by atoms with E-state index in [4.69, 9.17) is 12.2 Å². The standard InChI is InChI=1S/C42H33N3O5S/c46-37(47)26-45(39(30-13-3-1-4-14-30)31-15-5-2-6-16-31)33-22-27(21-32(23-33)41(48)49)24-44-25-36(40(51)43-42(44)50)38-34-17-9-7-11-28(34)19-20-29-12-8-10-18-35(29)38/h1-23,25,38-39H,24,26H2,(H,46,47)(H,48,49)(H,43,50,51). The fraction of sp³-hybridized carbons (Fsp3) is 0.0952. The van der Waals surface area contributed by atoms with Crippen LogP contribution >= 0.6 is 12.2 Å². The van der Waals surface area contributed by atoms with Crippen LogP contribution < -0.4 is 10.6 Å². The maximum atomic E-state index is 13.5. The van der Waals surface area contributed by atoms with Crippen LogP contribution in [0.2, 0.25) is 0 Å². The minimum absolute atomic E-state index is 0.00256. The van der Waals surface area contributed by atoms with Gasteiger partial charge in [0.2, 0.25) is 0 Å². The summed E-state index contributed by atoms with van der Waals surface area (Å²) in [6.07, 6.45) is 5.91. The van der Waals surface area contributed by atoms with E-state index in [2.05, 4.69) is 29.3 Å². The Morgan fingerprint density at radius 2 is 1.29 bits per heavy atom. The average Bonchev–Trinajstić information content (AvgIpc) is 3.30. The Morgan fingerprint density at radius 1 is 0.745 bits per heavy atom. The van der Waals surface area contributed by atoms with Crippen molar-refractivity contribution in [2.75, 3.05) is 11.4 Å². The fourth-order valence-corrected chi connectivity index (χ4v) is 7.19. The summed E-state index contributed by atoms with van der Waals surface area (Å²) < 4.78 is 1.81. The molecule has 51 heavy (non-hydrogen) atoms. The number of fused-ring (bicyclic) bond motifs is 2. The zero-order valence-corrected chi connectivity index (χ0v) is 28.2. The van der Waals surface area contributed by atoms with Crippen LogP contribution in [0.1, 0.15) is 66.8 Å². The Hall–Kier alpha value is -6.32. The summed E-state index contributed by atoms with van der Waals surface area (Å²) >= 11 is 5.79. The topological polar surface area (TPSA) is 116 Å². The van der Waals surface area contributed by atoms with Gasteiger partial charge in [-0.05, 0) is 57.1 Å². The van der Waals surface area contributed by atoms with Crippen molar-refractivity contribution >= 4 is 42.0 Å². The number of aromatic carboxylic acids is 1. The van der Waals surface area contributed by atoms with Crippen LogP contribution in [0, 0.1) is 4.64 Å². The molecule has 1 aromatic heterocycles. The molecule has 0 saturated carbocycles. The Morgan fingerprint density at radius 3 is 1.84 bits per heavy atom. The minimum Gasteiger partial charge on any atom is -0.480 e. The van der Waals surface area contributed by atoms with Crippen molar-refractivity contribution in [3.63, 3.8) is 0 Å². The van der Waals surface area contributed by atoms with E-state index < -0.39 is 30.2 Å². The number of aromatic amines is 1. The Labute approximate surface area is 299 Å². The molecule has 0 unspecified atom stereocenters. The monoisotopic (exact) mass is 691 g/mol. The van der Waals surface area contributed by atoms with E-state index in [0.717, 1.165) is 38.9 Å². The molecule has 9 heteroatoms. The molecule has 1 heterocycles. The smallest absolute Gasteiger partial charge is 0.335 e. The Bertz CT molecular complexity index is 2310. The number of benzene rings is 5. The van der Waals surface area contributed by atoms with E-state index >= 15 is 0 Å². The summed E-state index contributed by atoms with van der Waals surface area (Å²) in [7, 11) is 0. The first kappa shape index (κ1) is 33.2. The van der Waals surface area contributed by atoms with Crippen LogP contribution in [0.25, 0.3) is 12.2 Å². The summed E-state index contributed by atoms with van der Waals surface area (Å²) in [5.41, 5.74) is 6.95. The zero-order chi connectivity index (χ0) is 35.5. The molecule has 5 aromatic carbocycles. The second-order valence-electron chi connectivity index (χ2n) is 12.4. The molecule has 0 atom stereocenters. The number of carboxylic acids is 2. The number of hydrogen-bond acceptors (Lipinski definition) is 5. The van der Waals surface area contributed by atoms with Gasteiger partial charge in [0.1, 0.15) is 11.2 Å². The zero-order valence-electron chi connectivity index (χ0n) is 27.3. The van der Waals surface area contributed by atoms with Gasteiger partial charge in [-0.15, -0.1) is 0 Å². The van der Waals surface area contributed by atoms with Crippen LogP contribution in [-0.4, -0.2) is 38.2 Å². The molecule has 8 nitrogen and oxygen atoms in total. The highest BCUT2D eigenvalue weighted by Crippen LogP contribution is 2.39. The third-order valence-electron chi connectivity index (χ3n) is 9.16. The van der Waals surface area contributed by atoms with Crippen LogP contribution in [0.5, 0.6) is 0 Å². The summed E-state index contributed by atoms with van der Waals surface area (Å²) in [4.78, 5) is 43.0. The number of nitrogens with one attached hydrogen (secondary N) is 1. The number of hydrogen-bond donors (Lipinski definition) is 3. The number of carbonyl (C=O) groups is 2. The van der Waals surface area contributed by atoms with Gasteiger partial charge in [0.05, 0.1) is 18.2 Å². The molecule has 1 aliphatic carbocycles. The number of carboxylic acid groups (broad SMARTS) is 2. The second kappa shape index (κ2) is 14.3. The van der Waals surface area contributed by atoms with E-state index in [0.29, 0.717) is 15.9 Å². The van der Waals surface area contributed by atoms with E-state index in [9.17, 15) is 24.6 Å². The molecule has 3 N–H and O–H groups in total.